The third-order valence-corrected chi connectivity index (χ3v) is 2.82. The lowest BCUT2D eigenvalue weighted by atomic mass is 10.2. The summed E-state index contributed by atoms with van der Waals surface area (Å²) in [7, 11) is 1.43. The fourth-order valence-corrected chi connectivity index (χ4v) is 1.69. The van der Waals surface area contributed by atoms with Crippen molar-refractivity contribution in [1.82, 2.24) is 5.32 Å². The van der Waals surface area contributed by atoms with Gasteiger partial charge in [-0.05, 0) is 12.5 Å². The van der Waals surface area contributed by atoms with Crippen molar-refractivity contribution < 1.29 is 19.2 Å². The van der Waals surface area contributed by atoms with E-state index in [4.69, 9.17) is 9.47 Å². The maximum atomic E-state index is 11.6. The first-order valence-corrected chi connectivity index (χ1v) is 6.80. The Balaban J connectivity index is 2.55. The summed E-state index contributed by atoms with van der Waals surface area (Å²) >= 11 is 0. The second kappa shape index (κ2) is 8.78. The lowest BCUT2D eigenvalue weighted by molar-refractivity contribution is -0.385. The van der Waals surface area contributed by atoms with Gasteiger partial charge in [-0.15, -0.1) is 0 Å². The SMILES string of the molecule is CCCCCNC(=O)COc1cc([N+](=O)[O-])ccc1OC. The van der Waals surface area contributed by atoms with Gasteiger partial charge in [0.2, 0.25) is 0 Å². The zero-order valence-electron chi connectivity index (χ0n) is 12.3. The molecule has 0 aromatic heterocycles. The molecule has 0 fully saturated rings. The van der Waals surface area contributed by atoms with Crippen LogP contribution in [0, 0.1) is 10.1 Å². The van der Waals surface area contributed by atoms with E-state index in [0.717, 1.165) is 19.3 Å². The van der Waals surface area contributed by atoms with Crippen LogP contribution in [0.1, 0.15) is 26.2 Å². The monoisotopic (exact) mass is 296 g/mol. The molecule has 0 aliphatic rings. The van der Waals surface area contributed by atoms with Crippen LogP contribution in [0.15, 0.2) is 18.2 Å². The van der Waals surface area contributed by atoms with Gasteiger partial charge in [0.25, 0.3) is 11.6 Å². The number of methoxy groups -OCH3 is 1. The molecule has 116 valence electrons. The molecule has 1 amide bonds. The molecule has 0 heterocycles. The number of nitro groups is 1. The van der Waals surface area contributed by atoms with Crippen LogP contribution in [-0.2, 0) is 4.79 Å². The number of carbonyl (C=O) groups is 1. The molecule has 0 bridgehead atoms. The van der Waals surface area contributed by atoms with E-state index >= 15 is 0 Å². The normalized spacial score (nSPS) is 10.0. The number of hydrogen-bond acceptors (Lipinski definition) is 5. The average Bonchev–Trinajstić information content (AvgIpc) is 2.49. The Bertz CT molecular complexity index is 490. The fourth-order valence-electron chi connectivity index (χ4n) is 1.69. The van der Waals surface area contributed by atoms with E-state index < -0.39 is 4.92 Å². The van der Waals surface area contributed by atoms with Crippen LogP contribution < -0.4 is 14.8 Å². The maximum absolute atomic E-state index is 11.6. The van der Waals surface area contributed by atoms with Crippen LogP contribution >= 0.6 is 0 Å². The van der Waals surface area contributed by atoms with Gasteiger partial charge in [0.05, 0.1) is 18.1 Å². The summed E-state index contributed by atoms with van der Waals surface area (Å²) in [6, 6.07) is 3.99. The summed E-state index contributed by atoms with van der Waals surface area (Å²) in [6.45, 7) is 2.48. The molecule has 0 aliphatic heterocycles. The highest BCUT2D eigenvalue weighted by molar-refractivity contribution is 5.77. The molecule has 0 saturated carbocycles. The van der Waals surface area contributed by atoms with Gasteiger partial charge in [0.15, 0.2) is 18.1 Å². The van der Waals surface area contributed by atoms with Gasteiger partial charge in [-0.1, -0.05) is 19.8 Å². The molecule has 0 radical (unpaired) electrons. The zero-order valence-corrected chi connectivity index (χ0v) is 12.3. The number of amides is 1. The van der Waals surface area contributed by atoms with Crippen molar-refractivity contribution >= 4 is 11.6 Å². The molecular weight excluding hydrogens is 276 g/mol. The maximum Gasteiger partial charge on any atom is 0.273 e. The van der Waals surface area contributed by atoms with E-state index in [-0.39, 0.29) is 24.0 Å². The van der Waals surface area contributed by atoms with Gasteiger partial charge < -0.3 is 14.8 Å². The molecule has 7 heteroatoms. The molecule has 1 aromatic rings. The summed E-state index contributed by atoms with van der Waals surface area (Å²) in [5.41, 5.74) is -0.117. The van der Waals surface area contributed by atoms with Crippen LogP contribution in [0.25, 0.3) is 0 Å². The number of nitro benzene ring substituents is 1. The molecule has 0 aliphatic carbocycles. The Hall–Kier alpha value is -2.31. The third-order valence-electron chi connectivity index (χ3n) is 2.82. The summed E-state index contributed by atoms with van der Waals surface area (Å²) in [6.07, 6.45) is 3.06. The highest BCUT2D eigenvalue weighted by atomic mass is 16.6. The van der Waals surface area contributed by atoms with Crippen molar-refractivity contribution in [3.63, 3.8) is 0 Å². The van der Waals surface area contributed by atoms with E-state index in [2.05, 4.69) is 12.2 Å². The fraction of sp³-hybridized carbons (Fsp3) is 0.500. The van der Waals surface area contributed by atoms with Crippen LogP contribution in [0.2, 0.25) is 0 Å². The Morgan fingerprint density at radius 3 is 2.71 bits per heavy atom. The summed E-state index contributed by atoms with van der Waals surface area (Å²) in [5.74, 6) is 0.259. The Labute approximate surface area is 123 Å². The van der Waals surface area contributed by atoms with Crippen molar-refractivity contribution in [2.45, 2.75) is 26.2 Å². The van der Waals surface area contributed by atoms with Crippen molar-refractivity contribution in [3.8, 4) is 11.5 Å². The van der Waals surface area contributed by atoms with Crippen molar-refractivity contribution in [3.05, 3.63) is 28.3 Å². The van der Waals surface area contributed by atoms with Gasteiger partial charge in [0, 0.05) is 12.6 Å². The van der Waals surface area contributed by atoms with Crippen LogP contribution in [0.5, 0.6) is 11.5 Å². The highest BCUT2D eigenvalue weighted by Gasteiger charge is 2.13. The summed E-state index contributed by atoms with van der Waals surface area (Å²) in [5, 5.41) is 13.4. The molecule has 0 unspecified atom stereocenters. The largest absolute Gasteiger partial charge is 0.493 e. The minimum absolute atomic E-state index is 0.117. The molecule has 1 aromatic carbocycles. The van der Waals surface area contributed by atoms with Gasteiger partial charge in [-0.25, -0.2) is 0 Å². The van der Waals surface area contributed by atoms with Gasteiger partial charge in [-0.2, -0.15) is 0 Å². The molecule has 7 nitrogen and oxygen atoms in total. The smallest absolute Gasteiger partial charge is 0.273 e. The van der Waals surface area contributed by atoms with E-state index in [1.165, 1.54) is 25.3 Å². The topological polar surface area (TPSA) is 90.7 Å². The number of hydrogen-bond donors (Lipinski definition) is 1. The standard InChI is InChI=1S/C14H20N2O5/c1-3-4-5-8-15-14(17)10-21-13-9-11(16(18)19)6-7-12(13)20-2/h6-7,9H,3-5,8,10H2,1-2H3,(H,15,17). The Morgan fingerprint density at radius 1 is 1.33 bits per heavy atom. The molecule has 21 heavy (non-hydrogen) atoms. The van der Waals surface area contributed by atoms with E-state index in [0.29, 0.717) is 12.3 Å². The van der Waals surface area contributed by atoms with Gasteiger partial charge in [0.1, 0.15) is 0 Å². The van der Waals surface area contributed by atoms with Crippen molar-refractivity contribution in [2.24, 2.45) is 0 Å². The zero-order chi connectivity index (χ0) is 15.7. The third kappa shape index (κ3) is 5.68. The van der Waals surface area contributed by atoms with Crippen molar-refractivity contribution in [2.75, 3.05) is 20.3 Å². The average molecular weight is 296 g/mol. The summed E-state index contributed by atoms with van der Waals surface area (Å²) in [4.78, 5) is 21.8. The lowest BCUT2D eigenvalue weighted by Crippen LogP contribution is -2.29. The number of rotatable bonds is 9. The summed E-state index contributed by atoms with van der Waals surface area (Å²) < 4.78 is 10.3. The number of nitrogens with zero attached hydrogens (tertiary/aromatic N) is 1. The molecule has 0 atom stereocenters. The second-order valence-electron chi connectivity index (χ2n) is 4.44. The van der Waals surface area contributed by atoms with Gasteiger partial charge in [-0.3, -0.25) is 14.9 Å². The molecule has 1 N–H and O–H groups in total. The van der Waals surface area contributed by atoms with Crippen LogP contribution in [-0.4, -0.2) is 31.1 Å². The van der Waals surface area contributed by atoms with E-state index in [1.807, 2.05) is 0 Å². The first kappa shape index (κ1) is 16.7. The Morgan fingerprint density at radius 2 is 2.10 bits per heavy atom. The van der Waals surface area contributed by atoms with E-state index in [1.54, 1.807) is 0 Å². The minimum Gasteiger partial charge on any atom is -0.493 e. The van der Waals surface area contributed by atoms with E-state index in [9.17, 15) is 14.9 Å². The predicted molar refractivity (Wildman–Crippen MR) is 77.7 cm³/mol. The van der Waals surface area contributed by atoms with Crippen LogP contribution in [0.4, 0.5) is 5.69 Å². The molecule has 0 spiro atoms. The first-order chi connectivity index (χ1) is 10.1. The van der Waals surface area contributed by atoms with Gasteiger partial charge >= 0.3 is 0 Å². The Kier molecular flexibility index (Phi) is 7.00. The lowest BCUT2D eigenvalue weighted by Gasteiger charge is -2.10. The second-order valence-corrected chi connectivity index (χ2v) is 4.44. The first-order valence-electron chi connectivity index (χ1n) is 6.80. The minimum atomic E-state index is -0.531. The quantitative estimate of drug-likeness (QED) is 0.429. The predicted octanol–water partition coefficient (Wildman–Crippen LogP) is 2.29. The number of non-ortho nitro benzene ring substituents is 1. The number of nitrogens with one attached hydrogen (secondary N) is 1. The molecule has 1 rings (SSSR count). The number of ether oxygens (including phenoxy) is 2. The number of carbonyl (C=O) groups excluding carboxylic acids is 1. The number of unbranched alkanes of at least 4 members (excludes halogenated alkanes) is 2. The number of benzene rings is 1. The molecular formula is C14H20N2O5. The highest BCUT2D eigenvalue weighted by Crippen LogP contribution is 2.30. The molecule has 0 saturated heterocycles. The van der Waals surface area contributed by atoms with Crippen molar-refractivity contribution in [1.29, 1.82) is 0 Å². The van der Waals surface area contributed by atoms with Crippen LogP contribution in [0.3, 0.4) is 0 Å².